The van der Waals surface area contributed by atoms with Crippen LogP contribution in [0.3, 0.4) is 0 Å². The van der Waals surface area contributed by atoms with Crippen molar-refractivity contribution in [2.75, 3.05) is 11.0 Å². The number of sulfonamides is 2. The molecule has 2 rings (SSSR count). The van der Waals surface area contributed by atoms with Crippen molar-refractivity contribution >= 4 is 31.5 Å². The smallest absolute Gasteiger partial charge is 0.244 e. The first-order valence-corrected chi connectivity index (χ1v) is 11.2. The summed E-state index contributed by atoms with van der Waals surface area (Å²) in [5.41, 5.74) is 0.623. The van der Waals surface area contributed by atoms with Crippen molar-refractivity contribution in [3.63, 3.8) is 0 Å². The number of halogens is 1. The Balaban J connectivity index is 2.14. The van der Waals surface area contributed by atoms with Crippen molar-refractivity contribution < 1.29 is 26.0 Å². The molecule has 0 bridgehead atoms. The minimum Gasteiger partial charge on any atom is -0.298 e. The predicted molar refractivity (Wildman–Crippen MR) is 99.8 cm³/mol. The number of rotatable bonds is 8. The molecule has 2 N–H and O–H groups in total. The normalized spacial score (nSPS) is 13.1. The van der Waals surface area contributed by atoms with Crippen molar-refractivity contribution in [1.82, 2.24) is 4.72 Å². The van der Waals surface area contributed by atoms with E-state index in [2.05, 4.69) is 4.72 Å². The van der Waals surface area contributed by atoms with E-state index in [0.29, 0.717) is 0 Å². The van der Waals surface area contributed by atoms with Gasteiger partial charge in [-0.25, -0.2) is 25.9 Å². The minimum absolute atomic E-state index is 0.0320. The topological polar surface area (TPSA) is 109 Å². The van der Waals surface area contributed by atoms with E-state index in [1.807, 2.05) is 4.72 Å². The molecular weight excluding hydrogens is 395 g/mol. The Morgan fingerprint density at radius 3 is 2.26 bits per heavy atom. The summed E-state index contributed by atoms with van der Waals surface area (Å²) in [6, 6.07) is 10.5. The molecule has 0 fully saturated rings. The molecule has 1 atom stereocenters. The van der Waals surface area contributed by atoms with Gasteiger partial charge in [-0.05, 0) is 30.7 Å². The molecule has 0 saturated heterocycles. The van der Waals surface area contributed by atoms with Crippen molar-refractivity contribution in [1.29, 1.82) is 0 Å². The van der Waals surface area contributed by atoms with Crippen LogP contribution < -0.4 is 9.44 Å². The van der Waals surface area contributed by atoms with Crippen LogP contribution in [0.4, 0.5) is 10.1 Å². The van der Waals surface area contributed by atoms with Gasteiger partial charge in [0.2, 0.25) is 20.0 Å². The number of carbonyl (C=O) groups excluding carboxylic acids is 1. The van der Waals surface area contributed by atoms with Gasteiger partial charge in [0, 0.05) is 6.42 Å². The van der Waals surface area contributed by atoms with Crippen LogP contribution in [0.15, 0.2) is 53.4 Å². The molecule has 146 valence electrons. The molecule has 2 aromatic carbocycles. The fraction of sp³-hybridized carbons (Fsp3) is 0.235. The summed E-state index contributed by atoms with van der Waals surface area (Å²) in [5, 5.41) is 0. The monoisotopic (exact) mass is 414 g/mol. The van der Waals surface area contributed by atoms with Gasteiger partial charge in [-0.3, -0.25) is 9.52 Å². The Kier molecular flexibility index (Phi) is 6.34. The van der Waals surface area contributed by atoms with Crippen molar-refractivity contribution in [2.24, 2.45) is 0 Å². The Hall–Kier alpha value is -2.30. The van der Waals surface area contributed by atoms with Gasteiger partial charge in [-0.2, -0.15) is 0 Å². The summed E-state index contributed by atoms with van der Waals surface area (Å²) in [7, 11) is -7.94. The maximum Gasteiger partial charge on any atom is 0.244 e. The van der Waals surface area contributed by atoms with Gasteiger partial charge < -0.3 is 0 Å². The third kappa shape index (κ3) is 6.12. The third-order valence-electron chi connectivity index (χ3n) is 3.56. The van der Waals surface area contributed by atoms with E-state index < -0.39 is 36.8 Å². The van der Waals surface area contributed by atoms with Crippen LogP contribution in [0.1, 0.15) is 12.5 Å². The summed E-state index contributed by atoms with van der Waals surface area (Å²) in [6.45, 7) is 1.38. The molecule has 2 aromatic rings. The molecule has 1 unspecified atom stereocenters. The van der Waals surface area contributed by atoms with Gasteiger partial charge in [0.25, 0.3) is 0 Å². The molecule has 0 radical (unpaired) electrons. The Morgan fingerprint density at radius 2 is 1.70 bits per heavy atom. The lowest BCUT2D eigenvalue weighted by Crippen LogP contribution is -2.39. The Bertz CT molecular complexity index is 1040. The third-order valence-corrected chi connectivity index (χ3v) is 5.74. The number of hydrogen-bond acceptors (Lipinski definition) is 5. The highest BCUT2D eigenvalue weighted by molar-refractivity contribution is 7.92. The first-order valence-electron chi connectivity index (χ1n) is 7.84. The lowest BCUT2D eigenvalue weighted by atomic mass is 10.1. The standard InChI is InChI=1S/C17H19FN2O5S2/c1-12(16(21)10-13-6-4-3-5-7-13)19-27(24,25)17-9-8-14(11-15(17)18)20-26(2,22)23/h3-9,11-12,19-20H,10H2,1-2H3. The van der Waals surface area contributed by atoms with Gasteiger partial charge in [0.05, 0.1) is 18.0 Å². The fourth-order valence-corrected chi connectivity index (χ4v) is 4.15. The molecule has 10 heteroatoms. The average Bonchev–Trinajstić information content (AvgIpc) is 2.53. The molecule has 0 aromatic heterocycles. The zero-order chi connectivity index (χ0) is 20.2. The molecule has 0 heterocycles. The molecule has 0 amide bonds. The highest BCUT2D eigenvalue weighted by Gasteiger charge is 2.25. The van der Waals surface area contributed by atoms with Crippen molar-refractivity contribution in [3.05, 3.63) is 59.9 Å². The second-order valence-electron chi connectivity index (χ2n) is 5.99. The van der Waals surface area contributed by atoms with E-state index in [-0.39, 0.29) is 17.9 Å². The first kappa shape index (κ1) is 21.0. The molecule has 0 aliphatic heterocycles. The van der Waals surface area contributed by atoms with E-state index in [9.17, 15) is 26.0 Å². The van der Waals surface area contributed by atoms with Gasteiger partial charge in [0.1, 0.15) is 10.7 Å². The van der Waals surface area contributed by atoms with E-state index in [1.54, 1.807) is 30.3 Å². The molecule has 7 nitrogen and oxygen atoms in total. The largest absolute Gasteiger partial charge is 0.298 e. The zero-order valence-electron chi connectivity index (χ0n) is 14.6. The van der Waals surface area contributed by atoms with Crippen LogP contribution in [-0.2, 0) is 31.3 Å². The second-order valence-corrected chi connectivity index (χ2v) is 9.42. The number of Topliss-reactive ketones (excluding diaryl/α,β-unsaturated/α-hetero) is 1. The number of hydrogen-bond donors (Lipinski definition) is 2. The SMILES string of the molecule is CC(NS(=O)(=O)c1ccc(NS(C)(=O)=O)cc1F)C(=O)Cc1ccccc1. The molecule has 0 aliphatic rings. The quantitative estimate of drug-likeness (QED) is 0.683. The Labute approximate surface area is 157 Å². The fourth-order valence-electron chi connectivity index (χ4n) is 2.31. The van der Waals surface area contributed by atoms with E-state index in [0.717, 1.165) is 30.0 Å². The van der Waals surface area contributed by atoms with E-state index in [1.165, 1.54) is 6.92 Å². The average molecular weight is 414 g/mol. The van der Waals surface area contributed by atoms with E-state index >= 15 is 0 Å². The second kappa shape index (κ2) is 8.15. The van der Waals surface area contributed by atoms with Gasteiger partial charge in [-0.15, -0.1) is 0 Å². The summed E-state index contributed by atoms with van der Waals surface area (Å²) in [5.74, 6) is -1.51. The lowest BCUT2D eigenvalue weighted by Gasteiger charge is -2.14. The maximum atomic E-state index is 14.2. The highest BCUT2D eigenvalue weighted by atomic mass is 32.2. The Morgan fingerprint density at radius 1 is 1.07 bits per heavy atom. The summed E-state index contributed by atoms with van der Waals surface area (Å²) < 4.78 is 65.5. The van der Waals surface area contributed by atoms with Crippen LogP contribution in [0.5, 0.6) is 0 Å². The van der Waals surface area contributed by atoms with Crippen molar-refractivity contribution in [3.8, 4) is 0 Å². The number of anilines is 1. The first-order chi connectivity index (χ1) is 12.5. The van der Waals surface area contributed by atoms with Crippen LogP contribution in [-0.4, -0.2) is 34.9 Å². The molecular formula is C17H19FN2O5S2. The van der Waals surface area contributed by atoms with Crippen LogP contribution in [0, 0.1) is 5.82 Å². The number of nitrogens with one attached hydrogen (secondary N) is 2. The van der Waals surface area contributed by atoms with Gasteiger partial charge >= 0.3 is 0 Å². The molecule has 0 aliphatic carbocycles. The number of benzene rings is 2. The number of carbonyl (C=O) groups is 1. The van der Waals surface area contributed by atoms with E-state index in [4.69, 9.17) is 0 Å². The van der Waals surface area contributed by atoms with Gasteiger partial charge in [0.15, 0.2) is 5.78 Å². The lowest BCUT2D eigenvalue weighted by molar-refractivity contribution is -0.119. The van der Waals surface area contributed by atoms with Crippen LogP contribution in [0.2, 0.25) is 0 Å². The summed E-state index contributed by atoms with van der Waals surface area (Å²) in [6.07, 6.45) is 0.918. The maximum absolute atomic E-state index is 14.2. The van der Waals surface area contributed by atoms with Crippen LogP contribution >= 0.6 is 0 Å². The zero-order valence-corrected chi connectivity index (χ0v) is 16.3. The van der Waals surface area contributed by atoms with Crippen molar-refractivity contribution in [2.45, 2.75) is 24.3 Å². The van der Waals surface area contributed by atoms with Gasteiger partial charge in [-0.1, -0.05) is 30.3 Å². The molecule has 27 heavy (non-hydrogen) atoms. The predicted octanol–water partition coefficient (Wildman–Crippen LogP) is 1.68. The highest BCUT2D eigenvalue weighted by Crippen LogP contribution is 2.20. The molecule has 0 spiro atoms. The van der Waals surface area contributed by atoms with Crippen LogP contribution in [0.25, 0.3) is 0 Å². The summed E-state index contributed by atoms with van der Waals surface area (Å²) in [4.78, 5) is 11.5. The molecule has 0 saturated carbocycles. The number of ketones is 1. The summed E-state index contributed by atoms with van der Waals surface area (Å²) >= 11 is 0. The minimum atomic E-state index is -4.31.